The molecule has 1 heterocycles. The van der Waals surface area contributed by atoms with Crippen molar-refractivity contribution in [1.82, 2.24) is 5.32 Å². The Morgan fingerprint density at radius 3 is 1.20 bits per heavy atom. The summed E-state index contributed by atoms with van der Waals surface area (Å²) in [5.74, 6) is -0.180. The molecule has 0 aliphatic carbocycles. The number of hydrogen-bond donors (Lipinski definition) is 6. The van der Waals surface area contributed by atoms with E-state index in [1.165, 1.54) is 244 Å². The molecule has 9 nitrogen and oxygen atoms in total. The fraction of sp³-hybridized carbons (Fsp3) is 0.918. The maximum Gasteiger partial charge on any atom is 0.220 e. The average Bonchev–Trinajstić information content (AvgIpc) is 3.36. The second kappa shape index (κ2) is 51.2. The molecule has 1 aliphatic heterocycles. The van der Waals surface area contributed by atoms with Crippen LogP contribution in [0.15, 0.2) is 24.3 Å². The number of rotatable bonds is 53. The zero-order valence-electron chi connectivity index (χ0n) is 46.0. The van der Waals surface area contributed by atoms with Crippen LogP contribution in [0.4, 0.5) is 0 Å². The molecule has 0 bridgehead atoms. The lowest BCUT2D eigenvalue weighted by Crippen LogP contribution is -2.60. The Hall–Kier alpha value is -1.33. The first-order valence-electron chi connectivity index (χ1n) is 30.6. The molecule has 7 unspecified atom stereocenters. The van der Waals surface area contributed by atoms with Gasteiger partial charge in [-0.05, 0) is 32.1 Å². The zero-order valence-corrected chi connectivity index (χ0v) is 46.0. The van der Waals surface area contributed by atoms with Crippen LogP contribution in [-0.4, -0.2) is 87.5 Å². The topological polar surface area (TPSA) is 149 Å². The van der Waals surface area contributed by atoms with Crippen molar-refractivity contribution in [2.75, 3.05) is 13.2 Å². The summed E-state index contributed by atoms with van der Waals surface area (Å²) in [5.41, 5.74) is 0. The molecule has 7 atom stereocenters. The van der Waals surface area contributed by atoms with Crippen LogP contribution < -0.4 is 5.32 Å². The Kier molecular flexibility index (Phi) is 48.7. The third kappa shape index (κ3) is 40.1. The molecule has 0 spiro atoms. The van der Waals surface area contributed by atoms with E-state index < -0.39 is 49.5 Å². The molecule has 0 radical (unpaired) electrons. The molecule has 1 aliphatic rings. The highest BCUT2D eigenvalue weighted by Gasteiger charge is 2.44. The number of nitrogens with one attached hydrogen (secondary N) is 1. The van der Waals surface area contributed by atoms with E-state index in [1.54, 1.807) is 6.08 Å². The van der Waals surface area contributed by atoms with E-state index in [1.807, 2.05) is 6.08 Å². The van der Waals surface area contributed by atoms with Crippen molar-refractivity contribution in [2.24, 2.45) is 0 Å². The monoisotopic (exact) mass is 992 g/mol. The van der Waals surface area contributed by atoms with Gasteiger partial charge >= 0.3 is 0 Å². The summed E-state index contributed by atoms with van der Waals surface area (Å²) in [6.45, 7) is 3.81. The molecule has 9 heteroatoms. The number of ether oxygens (including phenoxy) is 2. The first kappa shape index (κ1) is 66.7. The van der Waals surface area contributed by atoms with Gasteiger partial charge in [-0.15, -0.1) is 0 Å². The number of carbonyl (C=O) groups is 1. The Morgan fingerprint density at radius 1 is 0.471 bits per heavy atom. The van der Waals surface area contributed by atoms with Crippen LogP contribution in [0.1, 0.15) is 303 Å². The van der Waals surface area contributed by atoms with Crippen molar-refractivity contribution in [3.63, 3.8) is 0 Å². The second-order valence-electron chi connectivity index (χ2n) is 21.5. The van der Waals surface area contributed by atoms with Crippen LogP contribution in [0.2, 0.25) is 0 Å². The molecule has 70 heavy (non-hydrogen) atoms. The molecular weight excluding hydrogens is 875 g/mol. The fourth-order valence-corrected chi connectivity index (χ4v) is 9.94. The Labute approximate surface area is 432 Å². The van der Waals surface area contributed by atoms with Gasteiger partial charge in [-0.25, -0.2) is 0 Å². The van der Waals surface area contributed by atoms with Crippen molar-refractivity contribution >= 4 is 5.91 Å². The number of allylic oxidation sites excluding steroid dienone is 3. The largest absolute Gasteiger partial charge is 0.394 e. The van der Waals surface area contributed by atoms with Gasteiger partial charge in [-0.1, -0.05) is 289 Å². The molecule has 0 aromatic heterocycles. The third-order valence-corrected chi connectivity index (χ3v) is 14.8. The van der Waals surface area contributed by atoms with Crippen LogP contribution in [0, 0.1) is 0 Å². The normalized spacial score (nSPS) is 19.4. The van der Waals surface area contributed by atoms with E-state index >= 15 is 0 Å². The van der Waals surface area contributed by atoms with Crippen molar-refractivity contribution in [1.29, 1.82) is 0 Å². The van der Waals surface area contributed by atoms with Gasteiger partial charge in [-0.3, -0.25) is 4.79 Å². The summed E-state index contributed by atoms with van der Waals surface area (Å²) in [7, 11) is 0. The smallest absolute Gasteiger partial charge is 0.220 e. The number of amides is 1. The number of hydrogen-bond acceptors (Lipinski definition) is 8. The maximum atomic E-state index is 13.1. The minimum atomic E-state index is -1.57. The highest BCUT2D eigenvalue weighted by molar-refractivity contribution is 5.76. The van der Waals surface area contributed by atoms with Crippen LogP contribution >= 0.6 is 0 Å². The van der Waals surface area contributed by atoms with Crippen molar-refractivity contribution in [2.45, 2.75) is 346 Å². The van der Waals surface area contributed by atoms with Crippen molar-refractivity contribution in [3.05, 3.63) is 24.3 Å². The zero-order chi connectivity index (χ0) is 50.8. The number of aliphatic hydroxyl groups is 5. The summed E-state index contributed by atoms with van der Waals surface area (Å²) >= 11 is 0. The van der Waals surface area contributed by atoms with Crippen LogP contribution in [0.3, 0.4) is 0 Å². The highest BCUT2D eigenvalue weighted by Crippen LogP contribution is 2.23. The van der Waals surface area contributed by atoms with Crippen LogP contribution in [0.25, 0.3) is 0 Å². The Balaban J connectivity index is 2.21. The molecule has 414 valence electrons. The van der Waals surface area contributed by atoms with Gasteiger partial charge in [0.25, 0.3) is 0 Å². The van der Waals surface area contributed by atoms with Gasteiger partial charge in [0, 0.05) is 6.42 Å². The number of aliphatic hydroxyl groups excluding tert-OH is 5. The molecule has 1 amide bonds. The molecule has 1 fully saturated rings. The van der Waals surface area contributed by atoms with Crippen molar-refractivity contribution < 1.29 is 39.8 Å². The molecule has 6 N–H and O–H groups in total. The van der Waals surface area contributed by atoms with E-state index in [9.17, 15) is 30.3 Å². The molecule has 0 aromatic carbocycles. The summed E-state index contributed by atoms with van der Waals surface area (Å²) in [5, 5.41) is 54.6. The SMILES string of the molecule is CCCCCCCCCCCCCCCCCCC/C=C/CC/C=C/C(O)C(COC1OC(CO)C(O)C(O)C1O)NC(=O)CCCCCCCCCCCCCCCCCCCCCCCCCC. The predicted octanol–water partition coefficient (Wildman–Crippen LogP) is 15.4. The predicted molar refractivity (Wildman–Crippen MR) is 295 cm³/mol. The lowest BCUT2D eigenvalue weighted by molar-refractivity contribution is -0.302. The highest BCUT2D eigenvalue weighted by atomic mass is 16.7. The van der Waals surface area contributed by atoms with E-state index in [4.69, 9.17) is 9.47 Å². The second-order valence-corrected chi connectivity index (χ2v) is 21.5. The minimum Gasteiger partial charge on any atom is -0.394 e. The van der Waals surface area contributed by atoms with E-state index in [-0.39, 0.29) is 12.5 Å². The summed E-state index contributed by atoms with van der Waals surface area (Å²) in [4.78, 5) is 13.1. The molecule has 1 rings (SSSR count). The van der Waals surface area contributed by atoms with E-state index in [2.05, 4.69) is 31.3 Å². The summed E-state index contributed by atoms with van der Waals surface area (Å²) in [6.07, 6.45) is 58.3. The first-order chi connectivity index (χ1) is 34.3. The lowest BCUT2D eigenvalue weighted by Gasteiger charge is -2.40. The van der Waals surface area contributed by atoms with Gasteiger partial charge in [0.1, 0.15) is 24.4 Å². The van der Waals surface area contributed by atoms with Gasteiger partial charge in [0.2, 0.25) is 5.91 Å². The fourth-order valence-electron chi connectivity index (χ4n) is 9.94. The summed E-state index contributed by atoms with van der Waals surface area (Å²) in [6, 6.07) is -0.819. The molecular formula is C61H117NO8. The molecule has 0 aromatic rings. The van der Waals surface area contributed by atoms with Gasteiger partial charge in [0.15, 0.2) is 6.29 Å². The quantitative estimate of drug-likeness (QED) is 0.0261. The minimum absolute atomic E-state index is 0.180. The molecule has 1 saturated heterocycles. The Bertz CT molecular complexity index is 1150. The van der Waals surface area contributed by atoms with Gasteiger partial charge in [0.05, 0.1) is 25.4 Å². The van der Waals surface area contributed by atoms with Crippen molar-refractivity contribution in [3.8, 4) is 0 Å². The van der Waals surface area contributed by atoms with Crippen LogP contribution in [0.5, 0.6) is 0 Å². The van der Waals surface area contributed by atoms with Gasteiger partial charge in [-0.2, -0.15) is 0 Å². The average molecular weight is 993 g/mol. The summed E-state index contributed by atoms with van der Waals surface area (Å²) < 4.78 is 11.3. The molecule has 0 saturated carbocycles. The first-order valence-corrected chi connectivity index (χ1v) is 30.6. The standard InChI is InChI=1S/C61H117NO8/c1-3-5-7-9-11-13-15-17-19-21-23-25-27-29-31-33-35-37-39-41-43-45-47-49-51-57(65)62-54(53-69-61-60(68)59(67)58(66)56(52-63)70-61)55(64)50-48-46-44-42-40-38-36-34-32-30-28-26-24-22-20-18-16-14-12-10-8-6-4-2/h40,42,48,50,54-56,58-61,63-64,66-68H,3-39,41,43-47,49,51-53H2,1-2H3,(H,62,65)/b42-40+,50-48+. The number of carbonyl (C=O) groups excluding carboxylic acids is 1. The maximum absolute atomic E-state index is 13.1. The third-order valence-electron chi connectivity index (χ3n) is 14.8. The van der Waals surface area contributed by atoms with E-state index in [0.29, 0.717) is 6.42 Å². The number of unbranched alkanes of at least 4 members (excludes halogenated alkanes) is 41. The van der Waals surface area contributed by atoms with Crippen LogP contribution in [-0.2, 0) is 14.3 Å². The Morgan fingerprint density at radius 2 is 0.814 bits per heavy atom. The van der Waals surface area contributed by atoms with Gasteiger partial charge < -0.3 is 40.3 Å². The van der Waals surface area contributed by atoms with E-state index in [0.717, 1.165) is 38.5 Å². The lowest BCUT2D eigenvalue weighted by atomic mass is 9.99.